The number of hydrogen-bond donors (Lipinski definition) is 2. The van der Waals surface area contributed by atoms with Gasteiger partial charge in [-0.25, -0.2) is 0 Å². The molecule has 0 spiro atoms. The molecule has 152 valence electrons. The van der Waals surface area contributed by atoms with Crippen LogP contribution >= 0.6 is 12.4 Å². The Balaban J connectivity index is 0.00000243. The van der Waals surface area contributed by atoms with Gasteiger partial charge in [0, 0.05) is 32.3 Å². The van der Waals surface area contributed by atoms with E-state index in [1.165, 1.54) is 32.1 Å². The van der Waals surface area contributed by atoms with Crippen molar-refractivity contribution in [3.8, 4) is 0 Å². The maximum atomic E-state index is 13.1. The van der Waals surface area contributed by atoms with Gasteiger partial charge in [0.15, 0.2) is 0 Å². The quantitative estimate of drug-likeness (QED) is 0.722. The molecule has 1 saturated carbocycles. The van der Waals surface area contributed by atoms with Gasteiger partial charge in [-0.15, -0.1) is 12.4 Å². The summed E-state index contributed by atoms with van der Waals surface area (Å²) in [6, 6.07) is 0. The molecule has 3 aliphatic rings. The number of halogens is 1. The van der Waals surface area contributed by atoms with Gasteiger partial charge in [-0.05, 0) is 38.8 Å². The van der Waals surface area contributed by atoms with Crippen molar-refractivity contribution in [2.24, 2.45) is 5.41 Å². The number of rotatable bonds is 6. The van der Waals surface area contributed by atoms with Gasteiger partial charge in [0.1, 0.15) is 0 Å². The molecule has 0 aromatic carbocycles. The first-order valence-corrected chi connectivity index (χ1v) is 10.0. The second-order valence-corrected chi connectivity index (χ2v) is 8.03. The lowest BCUT2D eigenvalue weighted by molar-refractivity contribution is -0.137. The minimum absolute atomic E-state index is 0. The summed E-state index contributed by atoms with van der Waals surface area (Å²) in [4.78, 5) is 15.7. The molecule has 7 heteroatoms. The predicted octanol–water partition coefficient (Wildman–Crippen LogP) is 1.58. The van der Waals surface area contributed by atoms with E-state index in [4.69, 9.17) is 9.47 Å². The van der Waals surface area contributed by atoms with E-state index >= 15 is 0 Å². The molecule has 1 aliphatic carbocycles. The zero-order chi connectivity index (χ0) is 17.6. The second kappa shape index (κ2) is 10.2. The average molecular weight is 390 g/mol. The highest BCUT2D eigenvalue weighted by Crippen LogP contribution is 2.35. The molecule has 0 unspecified atom stereocenters. The van der Waals surface area contributed by atoms with Crippen LogP contribution < -0.4 is 10.6 Å². The van der Waals surface area contributed by atoms with Crippen LogP contribution in [-0.2, 0) is 14.3 Å². The number of ether oxygens (including phenoxy) is 2. The minimum atomic E-state index is -0.360. The number of morpholine rings is 1. The lowest BCUT2D eigenvalue weighted by atomic mass is 9.77. The van der Waals surface area contributed by atoms with Gasteiger partial charge in [-0.1, -0.05) is 19.3 Å². The summed E-state index contributed by atoms with van der Waals surface area (Å²) in [5.74, 6) is 0.189. The van der Waals surface area contributed by atoms with Crippen LogP contribution in [0.1, 0.15) is 44.9 Å². The van der Waals surface area contributed by atoms with Crippen molar-refractivity contribution >= 4 is 18.3 Å². The monoisotopic (exact) mass is 389 g/mol. The normalized spacial score (nSPS) is 25.9. The van der Waals surface area contributed by atoms with E-state index in [0.717, 1.165) is 58.8 Å². The molecule has 1 amide bonds. The number of carbonyl (C=O) groups excluding carboxylic acids is 1. The number of piperidine rings is 1. The largest absolute Gasteiger partial charge is 0.384 e. The molecule has 0 radical (unpaired) electrons. The van der Waals surface area contributed by atoms with Crippen molar-refractivity contribution in [1.29, 1.82) is 0 Å². The lowest BCUT2D eigenvalue weighted by Crippen LogP contribution is -2.61. The van der Waals surface area contributed by atoms with E-state index in [-0.39, 0.29) is 29.3 Å². The fraction of sp³-hybridized carbons (Fsp3) is 0.947. The van der Waals surface area contributed by atoms with Crippen LogP contribution in [0.4, 0.5) is 0 Å². The molecule has 0 aromatic heterocycles. The summed E-state index contributed by atoms with van der Waals surface area (Å²) in [7, 11) is 1.70. The highest BCUT2D eigenvalue weighted by molar-refractivity contribution is 5.85. The van der Waals surface area contributed by atoms with Crippen LogP contribution in [0.3, 0.4) is 0 Å². The van der Waals surface area contributed by atoms with Crippen molar-refractivity contribution < 1.29 is 14.3 Å². The molecular formula is C19H36ClN3O3. The Morgan fingerprint density at radius 2 is 1.77 bits per heavy atom. The molecular weight excluding hydrogens is 354 g/mol. The molecule has 0 atom stereocenters. The second-order valence-electron chi connectivity index (χ2n) is 8.03. The topological polar surface area (TPSA) is 62.8 Å². The van der Waals surface area contributed by atoms with Crippen LogP contribution in [0.2, 0.25) is 0 Å². The summed E-state index contributed by atoms with van der Waals surface area (Å²) in [6.07, 6.45) is 7.94. The van der Waals surface area contributed by atoms with Crippen LogP contribution in [0.15, 0.2) is 0 Å². The first kappa shape index (κ1) is 21.9. The number of amides is 1. The molecule has 6 nitrogen and oxygen atoms in total. The van der Waals surface area contributed by atoms with Crippen molar-refractivity contribution in [3.05, 3.63) is 0 Å². The molecule has 2 N–H and O–H groups in total. The van der Waals surface area contributed by atoms with Crippen molar-refractivity contribution in [2.45, 2.75) is 50.5 Å². The van der Waals surface area contributed by atoms with Crippen LogP contribution in [0.25, 0.3) is 0 Å². The van der Waals surface area contributed by atoms with E-state index < -0.39 is 0 Å². The van der Waals surface area contributed by atoms with Gasteiger partial charge in [0.05, 0.1) is 25.2 Å². The maximum absolute atomic E-state index is 13.1. The number of carbonyl (C=O) groups is 1. The van der Waals surface area contributed by atoms with E-state index in [1.807, 2.05) is 0 Å². The number of nitrogens with one attached hydrogen (secondary N) is 2. The first-order valence-electron chi connectivity index (χ1n) is 10.0. The molecule has 2 heterocycles. The molecule has 2 saturated heterocycles. The van der Waals surface area contributed by atoms with Gasteiger partial charge in [-0.3, -0.25) is 9.69 Å². The number of nitrogens with zero attached hydrogens (tertiary/aromatic N) is 1. The van der Waals surface area contributed by atoms with Gasteiger partial charge < -0.3 is 20.1 Å². The minimum Gasteiger partial charge on any atom is -0.384 e. The van der Waals surface area contributed by atoms with Crippen molar-refractivity contribution in [1.82, 2.24) is 15.5 Å². The highest BCUT2D eigenvalue weighted by Gasteiger charge is 2.43. The Labute approximate surface area is 164 Å². The van der Waals surface area contributed by atoms with Crippen molar-refractivity contribution in [3.63, 3.8) is 0 Å². The van der Waals surface area contributed by atoms with Crippen LogP contribution in [0, 0.1) is 5.41 Å². The summed E-state index contributed by atoms with van der Waals surface area (Å²) in [5.41, 5.74) is -0.236. The number of hydrogen-bond acceptors (Lipinski definition) is 5. The fourth-order valence-electron chi connectivity index (χ4n) is 4.90. The molecule has 0 bridgehead atoms. The van der Waals surface area contributed by atoms with E-state index in [2.05, 4.69) is 15.5 Å². The summed E-state index contributed by atoms with van der Waals surface area (Å²) in [6.45, 7) is 6.68. The van der Waals surface area contributed by atoms with Crippen LogP contribution in [-0.4, -0.2) is 76.0 Å². The van der Waals surface area contributed by atoms with E-state index in [9.17, 15) is 4.79 Å². The molecule has 26 heavy (non-hydrogen) atoms. The van der Waals surface area contributed by atoms with E-state index in [0.29, 0.717) is 6.61 Å². The Morgan fingerprint density at radius 1 is 1.12 bits per heavy atom. The molecule has 0 aromatic rings. The average Bonchev–Trinajstić information content (AvgIpc) is 2.68. The summed E-state index contributed by atoms with van der Waals surface area (Å²) in [5, 5.41) is 6.72. The molecule has 3 fully saturated rings. The third-order valence-electron chi connectivity index (χ3n) is 6.51. The SMILES string of the molecule is COCC1(C(=O)NCC2(N3CCOCC3)CCCCC2)CCNCC1.Cl. The van der Waals surface area contributed by atoms with Crippen LogP contribution in [0.5, 0.6) is 0 Å². The van der Waals surface area contributed by atoms with Gasteiger partial charge in [0.25, 0.3) is 0 Å². The molecule has 3 rings (SSSR count). The van der Waals surface area contributed by atoms with E-state index in [1.54, 1.807) is 7.11 Å². The van der Waals surface area contributed by atoms with Gasteiger partial charge in [-0.2, -0.15) is 0 Å². The third-order valence-corrected chi connectivity index (χ3v) is 6.51. The Kier molecular flexibility index (Phi) is 8.61. The standard InChI is InChI=1S/C19H35N3O3.ClH/c1-24-16-18(7-9-20-10-8-18)17(23)21-15-19(5-3-2-4-6-19)22-11-13-25-14-12-22;/h20H,2-16H2,1H3,(H,21,23);1H. The Hall–Kier alpha value is -0.400. The Bertz CT molecular complexity index is 426. The first-order chi connectivity index (χ1) is 12.2. The fourth-order valence-corrected chi connectivity index (χ4v) is 4.90. The predicted molar refractivity (Wildman–Crippen MR) is 105 cm³/mol. The third kappa shape index (κ3) is 4.90. The zero-order valence-corrected chi connectivity index (χ0v) is 17.0. The smallest absolute Gasteiger partial charge is 0.228 e. The summed E-state index contributed by atoms with van der Waals surface area (Å²) >= 11 is 0. The Morgan fingerprint density at radius 3 is 2.38 bits per heavy atom. The van der Waals surface area contributed by atoms with Gasteiger partial charge >= 0.3 is 0 Å². The van der Waals surface area contributed by atoms with Crippen molar-refractivity contribution in [2.75, 3.05) is 59.7 Å². The maximum Gasteiger partial charge on any atom is 0.228 e. The lowest BCUT2D eigenvalue weighted by Gasteiger charge is -2.48. The van der Waals surface area contributed by atoms with Gasteiger partial charge in [0.2, 0.25) is 5.91 Å². The highest BCUT2D eigenvalue weighted by atomic mass is 35.5. The molecule has 2 aliphatic heterocycles. The number of methoxy groups -OCH3 is 1. The zero-order valence-electron chi connectivity index (χ0n) is 16.2. The summed E-state index contributed by atoms with van der Waals surface area (Å²) < 4.78 is 11.0.